The number of hydrogen-bond donors (Lipinski definition) is 2. The van der Waals surface area contributed by atoms with Gasteiger partial charge in [0, 0.05) is 11.6 Å². The normalized spacial score (nSPS) is 25.2. The van der Waals surface area contributed by atoms with E-state index in [1.165, 1.54) is 0 Å². The summed E-state index contributed by atoms with van der Waals surface area (Å²) in [5, 5.41) is 13.8. The van der Waals surface area contributed by atoms with Crippen LogP contribution in [0.1, 0.15) is 53.4 Å². The minimum Gasteiger partial charge on any atom is -0.463 e. The van der Waals surface area contributed by atoms with E-state index >= 15 is 0 Å². The summed E-state index contributed by atoms with van der Waals surface area (Å²) in [5.41, 5.74) is 0.594. The highest BCUT2D eigenvalue weighted by molar-refractivity contribution is 5.89. The summed E-state index contributed by atoms with van der Waals surface area (Å²) in [4.78, 5) is 12.0. The van der Waals surface area contributed by atoms with Crippen LogP contribution in [0.4, 0.5) is 0 Å². The van der Waals surface area contributed by atoms with Gasteiger partial charge in [-0.25, -0.2) is 4.79 Å². The van der Waals surface area contributed by atoms with E-state index in [4.69, 9.17) is 9.47 Å². The lowest BCUT2D eigenvalue weighted by Gasteiger charge is -2.35. The first-order valence-corrected chi connectivity index (χ1v) is 8.51. The molecule has 2 N–H and O–H groups in total. The van der Waals surface area contributed by atoms with E-state index < -0.39 is 12.2 Å². The second kappa shape index (κ2) is 9.98. The first-order valence-electron chi connectivity index (χ1n) is 8.51. The maximum Gasteiger partial charge on any atom is 0.333 e. The number of carbonyl (C=O) groups excluding carboxylic acids is 1. The Kier molecular flexibility index (Phi) is 8.68. The third-order valence-corrected chi connectivity index (χ3v) is 4.01. The summed E-state index contributed by atoms with van der Waals surface area (Å²) in [5.74, 6) is -0.309. The van der Waals surface area contributed by atoms with E-state index in [1.807, 2.05) is 0 Å². The quantitative estimate of drug-likeness (QED) is 0.639. The topological polar surface area (TPSA) is 67.8 Å². The van der Waals surface area contributed by atoms with Crippen LogP contribution in [0, 0.1) is 0 Å². The average molecular weight is 313 g/mol. The summed E-state index contributed by atoms with van der Waals surface area (Å²) in [6.07, 6.45) is 3.93. The molecule has 5 nitrogen and oxygen atoms in total. The van der Waals surface area contributed by atoms with Gasteiger partial charge in [0.15, 0.2) is 0 Å². The number of hydrogen-bond acceptors (Lipinski definition) is 5. The molecule has 5 heteroatoms. The molecule has 0 fully saturated rings. The molecule has 128 valence electrons. The largest absolute Gasteiger partial charge is 0.463 e. The zero-order valence-corrected chi connectivity index (χ0v) is 14.3. The van der Waals surface area contributed by atoms with Crippen LogP contribution in [0.15, 0.2) is 11.6 Å². The van der Waals surface area contributed by atoms with Crippen molar-refractivity contribution >= 4 is 5.97 Å². The monoisotopic (exact) mass is 313 g/mol. The zero-order valence-electron chi connectivity index (χ0n) is 14.3. The highest BCUT2D eigenvalue weighted by atomic mass is 16.5. The van der Waals surface area contributed by atoms with Gasteiger partial charge in [-0.3, -0.25) is 0 Å². The van der Waals surface area contributed by atoms with Crippen molar-refractivity contribution in [2.75, 3.05) is 13.2 Å². The maximum absolute atomic E-state index is 12.0. The average Bonchev–Trinajstić information content (AvgIpc) is 2.52. The Morgan fingerprint density at radius 2 is 2.05 bits per heavy atom. The Balaban J connectivity index is 2.88. The fourth-order valence-corrected chi connectivity index (χ4v) is 2.67. The standard InChI is InChI=1S/C17H31NO4/c1-5-9-18-14-10-12(17(20)21-8-4)11-15(16(14)19)22-13(6-2)7-3/h11,13-16,18-19H,5-10H2,1-4H3/t14-,15-,16+/m1/s1. The molecule has 0 spiro atoms. The molecule has 22 heavy (non-hydrogen) atoms. The number of carbonyl (C=O) groups is 1. The van der Waals surface area contributed by atoms with Crippen molar-refractivity contribution in [2.45, 2.75) is 77.7 Å². The minimum absolute atomic E-state index is 0.0873. The number of rotatable bonds is 9. The van der Waals surface area contributed by atoms with Crippen LogP contribution in [0.2, 0.25) is 0 Å². The fraction of sp³-hybridized carbons (Fsp3) is 0.824. The summed E-state index contributed by atoms with van der Waals surface area (Å²) in [7, 11) is 0. The molecule has 1 aliphatic carbocycles. The van der Waals surface area contributed by atoms with E-state index in [0.717, 1.165) is 25.8 Å². The van der Waals surface area contributed by atoms with Crippen molar-refractivity contribution in [3.63, 3.8) is 0 Å². The van der Waals surface area contributed by atoms with Gasteiger partial charge >= 0.3 is 5.97 Å². The molecule has 0 saturated carbocycles. The van der Waals surface area contributed by atoms with Gasteiger partial charge in [0.2, 0.25) is 0 Å². The van der Waals surface area contributed by atoms with Crippen molar-refractivity contribution in [3.05, 3.63) is 11.6 Å². The van der Waals surface area contributed by atoms with Crippen LogP contribution in [0.5, 0.6) is 0 Å². The van der Waals surface area contributed by atoms with E-state index in [0.29, 0.717) is 18.6 Å². The third kappa shape index (κ3) is 5.38. The van der Waals surface area contributed by atoms with Gasteiger partial charge in [-0.2, -0.15) is 0 Å². The van der Waals surface area contributed by atoms with Crippen LogP contribution >= 0.6 is 0 Å². The van der Waals surface area contributed by atoms with Crippen molar-refractivity contribution in [2.24, 2.45) is 0 Å². The van der Waals surface area contributed by atoms with Crippen molar-refractivity contribution in [1.82, 2.24) is 5.32 Å². The molecule has 3 atom stereocenters. The predicted molar refractivity (Wildman–Crippen MR) is 86.7 cm³/mol. The van der Waals surface area contributed by atoms with E-state index in [1.54, 1.807) is 13.0 Å². The first-order chi connectivity index (χ1) is 10.6. The Morgan fingerprint density at radius 3 is 2.59 bits per heavy atom. The van der Waals surface area contributed by atoms with Crippen LogP contribution < -0.4 is 5.32 Å². The fourth-order valence-electron chi connectivity index (χ4n) is 2.67. The molecule has 0 aromatic heterocycles. The van der Waals surface area contributed by atoms with Gasteiger partial charge in [-0.05, 0) is 45.2 Å². The maximum atomic E-state index is 12.0. The van der Waals surface area contributed by atoms with Gasteiger partial charge in [0.05, 0.1) is 18.8 Å². The molecule has 1 rings (SSSR count). The van der Waals surface area contributed by atoms with Crippen LogP contribution in [0.3, 0.4) is 0 Å². The van der Waals surface area contributed by atoms with Crippen molar-refractivity contribution in [3.8, 4) is 0 Å². The zero-order chi connectivity index (χ0) is 16.5. The van der Waals surface area contributed by atoms with Crippen LogP contribution in [0.25, 0.3) is 0 Å². The molecule has 0 bridgehead atoms. The van der Waals surface area contributed by atoms with E-state index in [9.17, 15) is 9.90 Å². The molecule has 0 amide bonds. The van der Waals surface area contributed by atoms with Crippen LogP contribution in [-0.4, -0.2) is 48.6 Å². The van der Waals surface area contributed by atoms with Crippen molar-refractivity contribution < 1.29 is 19.4 Å². The lowest BCUT2D eigenvalue weighted by atomic mass is 9.89. The van der Waals surface area contributed by atoms with E-state index in [2.05, 4.69) is 26.1 Å². The third-order valence-electron chi connectivity index (χ3n) is 4.01. The summed E-state index contributed by atoms with van der Waals surface area (Å²) in [6.45, 7) is 9.14. The van der Waals surface area contributed by atoms with Gasteiger partial charge < -0.3 is 19.9 Å². The Labute approximate surface area is 134 Å². The van der Waals surface area contributed by atoms with Gasteiger partial charge in [0.1, 0.15) is 6.10 Å². The Morgan fingerprint density at radius 1 is 1.36 bits per heavy atom. The molecular weight excluding hydrogens is 282 g/mol. The highest BCUT2D eigenvalue weighted by Gasteiger charge is 2.35. The minimum atomic E-state index is -0.648. The lowest BCUT2D eigenvalue weighted by molar-refractivity contribution is -0.139. The van der Waals surface area contributed by atoms with E-state index in [-0.39, 0.29) is 18.1 Å². The second-order valence-electron chi connectivity index (χ2n) is 5.71. The van der Waals surface area contributed by atoms with Gasteiger partial charge in [-0.1, -0.05) is 20.8 Å². The molecule has 0 saturated heterocycles. The van der Waals surface area contributed by atoms with Gasteiger partial charge in [-0.15, -0.1) is 0 Å². The molecule has 0 heterocycles. The lowest BCUT2D eigenvalue weighted by Crippen LogP contribution is -2.51. The SMILES string of the molecule is CCCN[C@@H]1CC(C(=O)OCC)=C[C@@H](OC(CC)CC)[C@H]1O. The summed E-state index contributed by atoms with van der Waals surface area (Å²) in [6, 6.07) is -0.177. The Hall–Kier alpha value is -0.910. The van der Waals surface area contributed by atoms with Crippen LogP contribution in [-0.2, 0) is 14.3 Å². The number of aliphatic hydroxyl groups is 1. The molecule has 0 aromatic carbocycles. The number of aliphatic hydroxyl groups excluding tert-OH is 1. The number of esters is 1. The highest BCUT2D eigenvalue weighted by Crippen LogP contribution is 2.25. The van der Waals surface area contributed by atoms with Crippen molar-refractivity contribution in [1.29, 1.82) is 0 Å². The second-order valence-corrected chi connectivity index (χ2v) is 5.71. The molecule has 0 unspecified atom stereocenters. The Bertz CT molecular complexity index is 366. The predicted octanol–water partition coefficient (Wildman–Crippen LogP) is 2.18. The number of ether oxygens (including phenoxy) is 2. The first kappa shape index (κ1) is 19.1. The molecule has 1 aliphatic rings. The van der Waals surface area contributed by atoms with Gasteiger partial charge in [0.25, 0.3) is 0 Å². The molecular formula is C17H31NO4. The molecule has 0 aromatic rings. The number of nitrogens with one attached hydrogen (secondary N) is 1. The molecule has 0 radical (unpaired) electrons. The smallest absolute Gasteiger partial charge is 0.333 e. The summed E-state index contributed by atoms with van der Waals surface area (Å²) >= 11 is 0. The summed E-state index contributed by atoms with van der Waals surface area (Å²) < 4.78 is 11.1. The molecule has 0 aliphatic heterocycles.